The summed E-state index contributed by atoms with van der Waals surface area (Å²) in [5, 5.41) is 7.12. The van der Waals surface area contributed by atoms with Gasteiger partial charge < -0.3 is 4.74 Å². The number of amides is 1. The second kappa shape index (κ2) is 11.4. The molecule has 4 aromatic rings. The Kier molecular flexibility index (Phi) is 8.05. The van der Waals surface area contributed by atoms with Gasteiger partial charge in [0, 0.05) is 20.0 Å². The number of halogens is 2. The zero-order chi connectivity index (χ0) is 23.0. The van der Waals surface area contributed by atoms with E-state index in [0.717, 1.165) is 25.9 Å². The highest BCUT2D eigenvalue weighted by atomic mass is 79.9. The molecule has 0 aliphatic carbocycles. The van der Waals surface area contributed by atoms with Crippen molar-refractivity contribution in [3.05, 3.63) is 106 Å². The van der Waals surface area contributed by atoms with Gasteiger partial charge in [0.15, 0.2) is 0 Å². The molecule has 0 heterocycles. The van der Waals surface area contributed by atoms with Gasteiger partial charge in [0.1, 0.15) is 12.4 Å². The number of nitrogens with zero attached hydrogens (tertiary/aromatic N) is 1. The largest absolute Gasteiger partial charge is 0.488 e. The van der Waals surface area contributed by atoms with Gasteiger partial charge in [-0.2, -0.15) is 5.10 Å². The molecule has 0 atom stereocenters. The molecule has 1 amide bonds. The van der Waals surface area contributed by atoms with Gasteiger partial charge in [0.05, 0.1) is 12.0 Å². The van der Waals surface area contributed by atoms with Crippen LogP contribution in [-0.2, 0) is 11.4 Å². The predicted octanol–water partition coefficient (Wildman–Crippen LogP) is 7.08. The molecule has 0 aliphatic rings. The van der Waals surface area contributed by atoms with Crippen molar-refractivity contribution in [2.75, 3.05) is 5.75 Å². The molecular formula is C26H20BrClN2O2S. The molecule has 4 aromatic carbocycles. The van der Waals surface area contributed by atoms with Crippen molar-refractivity contribution >= 4 is 62.2 Å². The fourth-order valence-corrected chi connectivity index (χ4v) is 4.41. The summed E-state index contributed by atoms with van der Waals surface area (Å²) in [6.45, 7) is 0.425. The van der Waals surface area contributed by atoms with Gasteiger partial charge in [-0.25, -0.2) is 5.43 Å². The van der Waals surface area contributed by atoms with Crippen molar-refractivity contribution in [2.24, 2.45) is 5.10 Å². The van der Waals surface area contributed by atoms with Gasteiger partial charge >= 0.3 is 0 Å². The molecule has 0 aromatic heterocycles. The Morgan fingerprint density at radius 3 is 2.67 bits per heavy atom. The summed E-state index contributed by atoms with van der Waals surface area (Å²) >= 11 is 10.8. The van der Waals surface area contributed by atoms with Crippen LogP contribution in [0.25, 0.3) is 10.8 Å². The van der Waals surface area contributed by atoms with Gasteiger partial charge in [-0.05, 0) is 58.8 Å². The molecule has 7 heteroatoms. The number of nitrogens with one attached hydrogen (secondary N) is 1. The fourth-order valence-electron chi connectivity index (χ4n) is 3.21. The first kappa shape index (κ1) is 23.4. The Hall–Kier alpha value is -2.80. The number of rotatable bonds is 8. The van der Waals surface area contributed by atoms with E-state index in [1.54, 1.807) is 18.3 Å². The zero-order valence-electron chi connectivity index (χ0n) is 17.5. The van der Waals surface area contributed by atoms with E-state index in [2.05, 4.69) is 50.7 Å². The summed E-state index contributed by atoms with van der Waals surface area (Å²) < 4.78 is 7.01. The molecule has 166 valence electrons. The average molecular weight is 540 g/mol. The van der Waals surface area contributed by atoms with Crippen LogP contribution in [0.4, 0.5) is 0 Å². The van der Waals surface area contributed by atoms with Crippen LogP contribution < -0.4 is 10.2 Å². The normalized spacial score (nSPS) is 11.1. The Morgan fingerprint density at radius 2 is 1.82 bits per heavy atom. The van der Waals surface area contributed by atoms with Gasteiger partial charge in [-0.15, -0.1) is 11.8 Å². The summed E-state index contributed by atoms with van der Waals surface area (Å²) in [4.78, 5) is 13.1. The number of thioether (sulfide) groups is 1. The van der Waals surface area contributed by atoms with Crippen LogP contribution in [0, 0.1) is 0 Å². The lowest BCUT2D eigenvalue weighted by Crippen LogP contribution is -2.19. The van der Waals surface area contributed by atoms with E-state index in [9.17, 15) is 4.79 Å². The van der Waals surface area contributed by atoms with Crippen molar-refractivity contribution in [2.45, 2.75) is 11.5 Å². The van der Waals surface area contributed by atoms with E-state index >= 15 is 0 Å². The molecule has 0 bridgehead atoms. The van der Waals surface area contributed by atoms with E-state index < -0.39 is 0 Å². The van der Waals surface area contributed by atoms with E-state index in [-0.39, 0.29) is 11.7 Å². The lowest BCUT2D eigenvalue weighted by molar-refractivity contribution is -0.118. The van der Waals surface area contributed by atoms with E-state index in [1.165, 1.54) is 17.1 Å². The molecule has 1 N–H and O–H groups in total. The van der Waals surface area contributed by atoms with Gasteiger partial charge in [-0.1, -0.05) is 70.0 Å². The third-order valence-electron chi connectivity index (χ3n) is 4.81. The zero-order valence-corrected chi connectivity index (χ0v) is 20.7. The molecule has 0 spiro atoms. The average Bonchev–Trinajstić information content (AvgIpc) is 2.83. The standard InChI is InChI=1S/C26H20BrClN2O2S/c27-21-8-13-25(32-16-19-6-3-5-18-4-1-2-7-24(18)19)20(14-21)15-29-30-26(31)17-33-23-11-9-22(28)10-12-23/h1-15H,16-17H2,(H,30,31)/b29-15-. The van der Waals surface area contributed by atoms with Crippen LogP contribution >= 0.6 is 39.3 Å². The number of carbonyl (C=O) groups excluding carboxylic acids is 1. The van der Waals surface area contributed by atoms with E-state index in [4.69, 9.17) is 16.3 Å². The third-order valence-corrected chi connectivity index (χ3v) is 6.57. The SMILES string of the molecule is O=C(CSc1ccc(Cl)cc1)N/N=C\c1cc(Br)ccc1OCc1cccc2ccccc12. The summed E-state index contributed by atoms with van der Waals surface area (Å²) in [6.07, 6.45) is 1.59. The highest BCUT2D eigenvalue weighted by Crippen LogP contribution is 2.25. The Labute approximate surface area is 210 Å². The van der Waals surface area contributed by atoms with Crippen molar-refractivity contribution in [3.63, 3.8) is 0 Å². The van der Waals surface area contributed by atoms with Crippen LogP contribution in [0.15, 0.2) is 99.4 Å². The minimum absolute atomic E-state index is 0.195. The van der Waals surface area contributed by atoms with Crippen molar-refractivity contribution < 1.29 is 9.53 Å². The fraction of sp³-hybridized carbons (Fsp3) is 0.0769. The molecular weight excluding hydrogens is 520 g/mol. The van der Waals surface area contributed by atoms with Crippen molar-refractivity contribution in [1.29, 1.82) is 0 Å². The van der Waals surface area contributed by atoms with Crippen LogP contribution in [-0.4, -0.2) is 17.9 Å². The lowest BCUT2D eigenvalue weighted by Gasteiger charge is -2.11. The maximum Gasteiger partial charge on any atom is 0.250 e. The maximum absolute atomic E-state index is 12.1. The Bertz CT molecular complexity index is 1290. The van der Waals surface area contributed by atoms with Crippen LogP contribution in [0.1, 0.15) is 11.1 Å². The molecule has 0 saturated carbocycles. The van der Waals surface area contributed by atoms with Crippen LogP contribution in [0.5, 0.6) is 5.75 Å². The number of carbonyl (C=O) groups is 1. The van der Waals surface area contributed by atoms with E-state index in [1.807, 2.05) is 48.5 Å². The highest BCUT2D eigenvalue weighted by molar-refractivity contribution is 9.10. The molecule has 0 saturated heterocycles. The molecule has 4 rings (SSSR count). The van der Waals surface area contributed by atoms with Gasteiger partial charge in [0.25, 0.3) is 0 Å². The predicted molar refractivity (Wildman–Crippen MR) is 140 cm³/mol. The number of fused-ring (bicyclic) bond motifs is 1. The monoisotopic (exact) mass is 538 g/mol. The van der Waals surface area contributed by atoms with Gasteiger partial charge in [-0.3, -0.25) is 4.79 Å². The Morgan fingerprint density at radius 1 is 1.03 bits per heavy atom. The van der Waals surface area contributed by atoms with E-state index in [0.29, 0.717) is 17.4 Å². The van der Waals surface area contributed by atoms with Crippen LogP contribution in [0.3, 0.4) is 0 Å². The third kappa shape index (κ3) is 6.60. The van der Waals surface area contributed by atoms with Gasteiger partial charge in [0.2, 0.25) is 5.91 Å². The summed E-state index contributed by atoms with van der Waals surface area (Å²) in [5.74, 6) is 0.737. The first-order chi connectivity index (χ1) is 16.1. The number of hydrazone groups is 1. The summed E-state index contributed by atoms with van der Waals surface area (Å²) in [7, 11) is 0. The lowest BCUT2D eigenvalue weighted by atomic mass is 10.1. The highest BCUT2D eigenvalue weighted by Gasteiger charge is 2.07. The maximum atomic E-state index is 12.1. The number of benzene rings is 4. The van der Waals surface area contributed by atoms with Crippen LogP contribution in [0.2, 0.25) is 5.02 Å². The molecule has 0 radical (unpaired) electrons. The second-order valence-electron chi connectivity index (χ2n) is 7.14. The molecule has 0 fully saturated rings. The topological polar surface area (TPSA) is 50.7 Å². The molecule has 4 nitrogen and oxygen atoms in total. The minimum atomic E-state index is -0.195. The van der Waals surface area contributed by atoms with Crippen molar-refractivity contribution in [3.8, 4) is 5.75 Å². The number of ether oxygens (including phenoxy) is 1. The summed E-state index contributed by atoms with van der Waals surface area (Å²) in [5.41, 5.74) is 4.43. The quantitative estimate of drug-likeness (QED) is 0.148. The number of hydrogen-bond donors (Lipinski definition) is 1. The first-order valence-electron chi connectivity index (χ1n) is 10.2. The number of hydrogen-bond acceptors (Lipinski definition) is 4. The smallest absolute Gasteiger partial charge is 0.250 e. The molecule has 0 unspecified atom stereocenters. The van der Waals surface area contributed by atoms with Crippen molar-refractivity contribution in [1.82, 2.24) is 5.43 Å². The summed E-state index contributed by atoms with van der Waals surface area (Å²) in [6, 6.07) is 27.5. The first-order valence-corrected chi connectivity index (χ1v) is 12.3. The Balaban J connectivity index is 1.38. The minimum Gasteiger partial charge on any atom is -0.488 e. The second-order valence-corrected chi connectivity index (χ2v) is 9.55. The molecule has 0 aliphatic heterocycles. The molecule has 33 heavy (non-hydrogen) atoms.